The number of hydrogen-bond donors (Lipinski definition) is 2. The highest BCUT2D eigenvalue weighted by Gasteiger charge is 2.43. The highest BCUT2D eigenvalue weighted by Crippen LogP contribution is 2.34. The largest absolute Gasteiger partial charge is 0.497 e. The Bertz CT molecular complexity index is 409. The second-order valence-electron chi connectivity index (χ2n) is 3.62. The standard InChI is InChI=1S/C11H14F3NO3/c1-17-6-3-4-8(18-2)7(5-6)9(15)10(16)11(12,13)14/h3-5,9-10,16H,15H2,1-2H3/t9-,10-/m0/s1. The molecule has 1 aromatic carbocycles. The van der Waals surface area contributed by atoms with E-state index in [1.165, 1.54) is 32.4 Å². The number of alkyl halides is 3. The number of methoxy groups -OCH3 is 2. The molecule has 3 N–H and O–H groups in total. The summed E-state index contributed by atoms with van der Waals surface area (Å²) in [6.45, 7) is 0. The van der Waals surface area contributed by atoms with Crippen molar-refractivity contribution >= 4 is 0 Å². The van der Waals surface area contributed by atoms with Crippen LogP contribution in [-0.4, -0.2) is 31.6 Å². The molecular weight excluding hydrogens is 251 g/mol. The zero-order valence-corrected chi connectivity index (χ0v) is 9.86. The number of rotatable bonds is 4. The van der Waals surface area contributed by atoms with Gasteiger partial charge in [-0.25, -0.2) is 0 Å². The van der Waals surface area contributed by atoms with E-state index in [1.807, 2.05) is 0 Å². The monoisotopic (exact) mass is 265 g/mol. The lowest BCUT2D eigenvalue weighted by Crippen LogP contribution is -2.39. The van der Waals surface area contributed by atoms with Gasteiger partial charge in [-0.2, -0.15) is 13.2 Å². The molecule has 0 amide bonds. The minimum atomic E-state index is -4.80. The average Bonchev–Trinajstić information content (AvgIpc) is 2.35. The van der Waals surface area contributed by atoms with Crippen molar-refractivity contribution in [2.45, 2.75) is 18.3 Å². The minimum Gasteiger partial charge on any atom is -0.497 e. The lowest BCUT2D eigenvalue weighted by Gasteiger charge is -2.23. The molecule has 18 heavy (non-hydrogen) atoms. The summed E-state index contributed by atoms with van der Waals surface area (Å²) in [4.78, 5) is 0. The Balaban J connectivity index is 3.14. The van der Waals surface area contributed by atoms with Gasteiger partial charge in [0.2, 0.25) is 0 Å². The van der Waals surface area contributed by atoms with Gasteiger partial charge >= 0.3 is 6.18 Å². The molecular formula is C11H14F3NO3. The van der Waals surface area contributed by atoms with E-state index in [1.54, 1.807) is 0 Å². The molecule has 102 valence electrons. The zero-order chi connectivity index (χ0) is 13.9. The molecule has 0 aliphatic carbocycles. The summed E-state index contributed by atoms with van der Waals surface area (Å²) in [6, 6.07) is 2.61. The molecule has 0 aromatic heterocycles. The van der Waals surface area contributed by atoms with Crippen molar-refractivity contribution in [1.29, 1.82) is 0 Å². The molecule has 4 nitrogen and oxygen atoms in total. The van der Waals surface area contributed by atoms with Crippen LogP contribution in [0.4, 0.5) is 13.2 Å². The molecule has 0 unspecified atom stereocenters. The van der Waals surface area contributed by atoms with E-state index in [-0.39, 0.29) is 11.3 Å². The molecule has 1 aromatic rings. The molecule has 0 spiro atoms. The fourth-order valence-electron chi connectivity index (χ4n) is 1.47. The smallest absolute Gasteiger partial charge is 0.416 e. The maximum Gasteiger partial charge on any atom is 0.416 e. The number of nitrogens with two attached hydrogens (primary N) is 1. The Kier molecular flexibility index (Phi) is 4.42. The topological polar surface area (TPSA) is 64.7 Å². The van der Waals surface area contributed by atoms with Crippen molar-refractivity contribution in [2.75, 3.05) is 14.2 Å². The molecule has 7 heteroatoms. The molecule has 0 aliphatic heterocycles. The number of aliphatic hydroxyl groups is 1. The third kappa shape index (κ3) is 3.05. The number of hydrogen-bond acceptors (Lipinski definition) is 4. The summed E-state index contributed by atoms with van der Waals surface area (Å²) in [5.74, 6) is 0.488. The van der Waals surface area contributed by atoms with Crippen LogP contribution in [0, 0.1) is 0 Å². The maximum atomic E-state index is 12.4. The van der Waals surface area contributed by atoms with Gasteiger partial charge in [0.05, 0.1) is 20.3 Å². The SMILES string of the molecule is COc1ccc(OC)c([C@H](N)[C@H](O)C(F)(F)F)c1. The lowest BCUT2D eigenvalue weighted by molar-refractivity contribution is -0.210. The molecule has 0 heterocycles. The van der Waals surface area contributed by atoms with Crippen molar-refractivity contribution in [3.63, 3.8) is 0 Å². The number of ether oxygens (including phenoxy) is 2. The maximum absolute atomic E-state index is 12.4. The van der Waals surface area contributed by atoms with Crippen molar-refractivity contribution in [1.82, 2.24) is 0 Å². The zero-order valence-electron chi connectivity index (χ0n) is 9.86. The summed E-state index contributed by atoms with van der Waals surface area (Å²) in [5, 5.41) is 9.14. The number of halogens is 3. The van der Waals surface area contributed by atoms with Crippen LogP contribution in [0.5, 0.6) is 11.5 Å². The molecule has 2 atom stereocenters. The van der Waals surface area contributed by atoms with Gasteiger partial charge in [0.25, 0.3) is 0 Å². The predicted molar refractivity (Wildman–Crippen MR) is 58.5 cm³/mol. The van der Waals surface area contributed by atoms with Crippen LogP contribution in [0.2, 0.25) is 0 Å². The van der Waals surface area contributed by atoms with E-state index >= 15 is 0 Å². The second kappa shape index (κ2) is 5.45. The van der Waals surface area contributed by atoms with Crippen LogP contribution in [0.3, 0.4) is 0 Å². The van der Waals surface area contributed by atoms with E-state index in [0.717, 1.165) is 0 Å². The molecule has 0 bridgehead atoms. The predicted octanol–water partition coefficient (Wildman–Crippen LogP) is 1.63. The molecule has 1 rings (SSSR count). The molecule has 0 saturated heterocycles. The fraction of sp³-hybridized carbons (Fsp3) is 0.455. The van der Waals surface area contributed by atoms with Crippen molar-refractivity contribution in [3.05, 3.63) is 23.8 Å². The Morgan fingerprint density at radius 3 is 2.28 bits per heavy atom. The van der Waals surface area contributed by atoms with E-state index in [9.17, 15) is 13.2 Å². The first-order valence-corrected chi connectivity index (χ1v) is 5.03. The van der Waals surface area contributed by atoms with E-state index in [0.29, 0.717) is 5.75 Å². The van der Waals surface area contributed by atoms with Crippen molar-refractivity contribution in [3.8, 4) is 11.5 Å². The summed E-state index contributed by atoms with van der Waals surface area (Å²) in [7, 11) is 2.68. The first-order chi connectivity index (χ1) is 8.31. The van der Waals surface area contributed by atoms with Gasteiger partial charge in [-0.05, 0) is 18.2 Å². The highest BCUT2D eigenvalue weighted by molar-refractivity contribution is 5.42. The van der Waals surface area contributed by atoms with Crippen LogP contribution in [0.25, 0.3) is 0 Å². The molecule has 0 saturated carbocycles. The average molecular weight is 265 g/mol. The van der Waals surface area contributed by atoms with Gasteiger partial charge in [0.1, 0.15) is 11.5 Å². The van der Waals surface area contributed by atoms with Gasteiger partial charge in [-0.1, -0.05) is 0 Å². The van der Waals surface area contributed by atoms with Crippen LogP contribution in [0.15, 0.2) is 18.2 Å². The quantitative estimate of drug-likeness (QED) is 0.868. The van der Waals surface area contributed by atoms with Crippen molar-refractivity contribution < 1.29 is 27.8 Å². The second-order valence-corrected chi connectivity index (χ2v) is 3.62. The fourth-order valence-corrected chi connectivity index (χ4v) is 1.47. The summed E-state index contributed by atoms with van der Waals surface area (Å²) >= 11 is 0. The van der Waals surface area contributed by atoms with Crippen LogP contribution >= 0.6 is 0 Å². The molecule has 0 radical (unpaired) electrons. The van der Waals surface area contributed by atoms with E-state index < -0.39 is 18.3 Å². The Labute approximate surface area is 102 Å². The first-order valence-electron chi connectivity index (χ1n) is 5.03. The molecule has 0 fully saturated rings. The third-order valence-electron chi connectivity index (χ3n) is 2.47. The normalized spacial score (nSPS) is 15.1. The Hall–Kier alpha value is -1.47. The highest BCUT2D eigenvalue weighted by atomic mass is 19.4. The summed E-state index contributed by atoms with van der Waals surface area (Å²) in [6.07, 6.45) is -7.47. The van der Waals surface area contributed by atoms with Gasteiger partial charge in [0, 0.05) is 5.56 Å². The number of benzene rings is 1. The van der Waals surface area contributed by atoms with E-state index in [4.69, 9.17) is 20.3 Å². The van der Waals surface area contributed by atoms with Crippen LogP contribution in [-0.2, 0) is 0 Å². The van der Waals surface area contributed by atoms with Crippen LogP contribution in [0.1, 0.15) is 11.6 Å². The van der Waals surface area contributed by atoms with Gasteiger partial charge < -0.3 is 20.3 Å². The van der Waals surface area contributed by atoms with Gasteiger partial charge in [-0.3, -0.25) is 0 Å². The Morgan fingerprint density at radius 2 is 1.83 bits per heavy atom. The molecule has 0 aliphatic rings. The Morgan fingerprint density at radius 1 is 1.22 bits per heavy atom. The minimum absolute atomic E-state index is 0.0293. The third-order valence-corrected chi connectivity index (χ3v) is 2.47. The number of aliphatic hydroxyl groups excluding tert-OH is 1. The first kappa shape index (κ1) is 14.6. The van der Waals surface area contributed by atoms with E-state index in [2.05, 4.69) is 0 Å². The van der Waals surface area contributed by atoms with Crippen molar-refractivity contribution in [2.24, 2.45) is 5.73 Å². The lowest BCUT2D eigenvalue weighted by atomic mass is 10.0. The summed E-state index contributed by atoms with van der Waals surface area (Å²) in [5.41, 5.74) is 5.45. The van der Waals surface area contributed by atoms with Gasteiger partial charge in [0.15, 0.2) is 6.10 Å². The van der Waals surface area contributed by atoms with Crippen LogP contribution < -0.4 is 15.2 Å². The van der Waals surface area contributed by atoms with Gasteiger partial charge in [-0.15, -0.1) is 0 Å². The summed E-state index contributed by atoms with van der Waals surface area (Å²) < 4.78 is 47.0.